The van der Waals surface area contributed by atoms with E-state index in [1.54, 1.807) is 4.90 Å². The van der Waals surface area contributed by atoms with Crippen LogP contribution in [0.15, 0.2) is 53.6 Å². The van der Waals surface area contributed by atoms with Crippen LogP contribution in [0.25, 0.3) is 11.0 Å². The number of carbonyl (C=O) groups is 1. The molecule has 2 atom stereocenters. The number of fused-ring (bicyclic) bond motifs is 1. The summed E-state index contributed by atoms with van der Waals surface area (Å²) in [6.45, 7) is 0.319. The number of aliphatic hydroxyl groups excluding tert-OH is 1. The predicted octanol–water partition coefficient (Wildman–Crippen LogP) is 1.47. The van der Waals surface area contributed by atoms with Crippen LogP contribution in [0.3, 0.4) is 0 Å². The normalized spacial score (nSPS) is 19.2. The summed E-state index contributed by atoms with van der Waals surface area (Å²) in [5.74, 6) is -0.919. The summed E-state index contributed by atoms with van der Waals surface area (Å²) in [7, 11) is 3.94. The molecule has 1 aliphatic heterocycles. The molecule has 0 bridgehead atoms. The first-order valence-corrected chi connectivity index (χ1v) is 9.13. The molecule has 3 N–H and O–H groups in total. The van der Waals surface area contributed by atoms with E-state index in [1.807, 2.05) is 71.8 Å². The fourth-order valence-electron chi connectivity index (χ4n) is 3.80. The Morgan fingerprint density at radius 1 is 1.07 bits per heavy atom. The highest BCUT2D eigenvalue weighted by Crippen LogP contribution is 2.27. The van der Waals surface area contributed by atoms with Gasteiger partial charge in [-0.1, -0.05) is 12.1 Å². The zero-order chi connectivity index (χ0) is 19.8. The van der Waals surface area contributed by atoms with E-state index in [4.69, 9.17) is 0 Å². The number of hydrogen-bond donors (Lipinski definition) is 3. The van der Waals surface area contributed by atoms with Crippen LogP contribution in [0.1, 0.15) is 6.42 Å². The maximum atomic E-state index is 11.4. The Morgan fingerprint density at radius 2 is 1.68 bits per heavy atom. The van der Waals surface area contributed by atoms with E-state index in [1.165, 1.54) is 0 Å². The third-order valence-electron chi connectivity index (χ3n) is 5.25. The van der Waals surface area contributed by atoms with Crippen LogP contribution < -0.4 is 15.9 Å². The lowest BCUT2D eigenvalue weighted by atomic mass is 10.2. The fourth-order valence-corrected chi connectivity index (χ4v) is 3.80. The summed E-state index contributed by atoms with van der Waals surface area (Å²) in [5, 5.41) is 23.7. The smallest absolute Gasteiger partial charge is 0.326 e. The Hall–Kier alpha value is -3.26. The summed E-state index contributed by atoms with van der Waals surface area (Å²) in [5.41, 5.74) is 7.58. The zero-order valence-corrected chi connectivity index (χ0v) is 15.8. The molecule has 2 unspecified atom stereocenters. The topological polar surface area (TPSA) is 95.0 Å². The number of para-hydroxylation sites is 2. The number of nitrogens with one attached hydrogen (secondary N) is 1. The van der Waals surface area contributed by atoms with Gasteiger partial charge >= 0.3 is 5.97 Å². The third-order valence-corrected chi connectivity index (χ3v) is 5.25. The van der Waals surface area contributed by atoms with Crippen molar-refractivity contribution in [3.63, 3.8) is 0 Å². The largest absolute Gasteiger partial charge is 0.480 e. The van der Waals surface area contributed by atoms with Crippen LogP contribution in [0, 0.1) is 0 Å². The quantitative estimate of drug-likeness (QED) is 0.595. The molecule has 0 aliphatic carbocycles. The second kappa shape index (κ2) is 7.05. The molecule has 8 heteroatoms. The molecule has 0 spiro atoms. The first kappa shape index (κ1) is 18.1. The molecule has 1 fully saturated rings. The lowest BCUT2D eigenvalue weighted by Gasteiger charge is -2.23. The van der Waals surface area contributed by atoms with Crippen LogP contribution in [0.4, 0.5) is 11.4 Å². The number of aliphatic carboxylic acids is 1. The first-order valence-electron chi connectivity index (χ1n) is 9.13. The van der Waals surface area contributed by atoms with Gasteiger partial charge in [-0.3, -0.25) is 5.43 Å². The summed E-state index contributed by atoms with van der Waals surface area (Å²) < 4.78 is 4.03. The van der Waals surface area contributed by atoms with E-state index in [0.717, 1.165) is 28.0 Å². The number of aromatic nitrogens is 2. The Labute approximate surface area is 161 Å². The molecule has 1 saturated heterocycles. The minimum atomic E-state index is -0.919. The maximum absolute atomic E-state index is 11.4. The van der Waals surface area contributed by atoms with Gasteiger partial charge in [0.05, 0.1) is 22.8 Å². The Balaban J connectivity index is 1.58. The van der Waals surface area contributed by atoms with Crippen molar-refractivity contribution in [2.45, 2.75) is 18.6 Å². The van der Waals surface area contributed by atoms with Gasteiger partial charge in [-0.15, -0.1) is 5.10 Å². The second-order valence-electron chi connectivity index (χ2n) is 7.07. The van der Waals surface area contributed by atoms with Crippen LogP contribution in [-0.2, 0) is 18.9 Å². The minimum absolute atomic E-state index is 0.238. The van der Waals surface area contributed by atoms with E-state index < -0.39 is 18.1 Å². The summed E-state index contributed by atoms with van der Waals surface area (Å²) in [6, 6.07) is 14.8. The number of nitrogens with zero attached hydrogens (tertiary/aromatic N) is 4. The van der Waals surface area contributed by atoms with Crippen molar-refractivity contribution in [2.24, 2.45) is 19.2 Å². The number of aliphatic hydroxyl groups is 1. The molecule has 0 saturated carbocycles. The summed E-state index contributed by atoms with van der Waals surface area (Å²) in [6.07, 6.45) is -0.386. The van der Waals surface area contributed by atoms with Crippen LogP contribution >= 0.6 is 0 Å². The molecule has 0 radical (unpaired) electrons. The number of carboxylic acid groups (broad SMARTS) is 1. The molecular weight excluding hydrogens is 358 g/mol. The number of aryl methyl sites for hydroxylation is 2. The summed E-state index contributed by atoms with van der Waals surface area (Å²) in [4.78, 5) is 13.1. The van der Waals surface area contributed by atoms with Gasteiger partial charge in [-0.25, -0.2) is 4.79 Å². The van der Waals surface area contributed by atoms with Crippen molar-refractivity contribution < 1.29 is 15.0 Å². The van der Waals surface area contributed by atoms with Crippen molar-refractivity contribution in [1.82, 2.24) is 9.13 Å². The van der Waals surface area contributed by atoms with Gasteiger partial charge in [0.15, 0.2) is 0 Å². The first-order chi connectivity index (χ1) is 13.5. The van der Waals surface area contributed by atoms with Crippen LogP contribution in [0.2, 0.25) is 0 Å². The lowest BCUT2D eigenvalue weighted by molar-refractivity contribution is -0.138. The highest BCUT2D eigenvalue weighted by atomic mass is 16.4. The number of carboxylic acids is 1. The molecule has 8 nitrogen and oxygen atoms in total. The van der Waals surface area contributed by atoms with Crippen molar-refractivity contribution >= 4 is 28.4 Å². The van der Waals surface area contributed by atoms with E-state index >= 15 is 0 Å². The molecule has 0 amide bonds. The Kier molecular flexibility index (Phi) is 4.56. The lowest BCUT2D eigenvalue weighted by Crippen LogP contribution is -2.35. The van der Waals surface area contributed by atoms with Gasteiger partial charge in [0.25, 0.3) is 0 Å². The minimum Gasteiger partial charge on any atom is -0.480 e. The molecule has 1 aliphatic rings. The van der Waals surface area contributed by atoms with Gasteiger partial charge in [-0.05, 0) is 36.4 Å². The predicted molar refractivity (Wildman–Crippen MR) is 107 cm³/mol. The third kappa shape index (κ3) is 3.11. The molecule has 2 heterocycles. The number of benzene rings is 2. The Bertz CT molecular complexity index is 1040. The van der Waals surface area contributed by atoms with Crippen molar-refractivity contribution in [3.05, 3.63) is 54.1 Å². The van der Waals surface area contributed by atoms with E-state index in [0.29, 0.717) is 6.54 Å². The van der Waals surface area contributed by atoms with Crippen LogP contribution in [-0.4, -0.2) is 44.0 Å². The van der Waals surface area contributed by atoms with Crippen LogP contribution in [0.5, 0.6) is 0 Å². The maximum Gasteiger partial charge on any atom is 0.326 e. The summed E-state index contributed by atoms with van der Waals surface area (Å²) >= 11 is 0. The number of rotatable bonds is 4. The van der Waals surface area contributed by atoms with Gasteiger partial charge < -0.3 is 24.2 Å². The van der Waals surface area contributed by atoms with Gasteiger partial charge in [0.1, 0.15) is 6.04 Å². The number of imidazole rings is 1. The van der Waals surface area contributed by atoms with Crippen molar-refractivity contribution in [3.8, 4) is 0 Å². The molecule has 3 aromatic rings. The van der Waals surface area contributed by atoms with Gasteiger partial charge in [0.2, 0.25) is 5.62 Å². The Morgan fingerprint density at radius 3 is 2.25 bits per heavy atom. The van der Waals surface area contributed by atoms with Crippen molar-refractivity contribution in [1.29, 1.82) is 0 Å². The van der Waals surface area contributed by atoms with Gasteiger partial charge in [0, 0.05) is 32.7 Å². The average molecular weight is 381 g/mol. The van der Waals surface area contributed by atoms with E-state index in [9.17, 15) is 15.0 Å². The molecule has 1 aromatic heterocycles. The monoisotopic (exact) mass is 381 g/mol. The molecule has 2 aromatic carbocycles. The second-order valence-corrected chi connectivity index (χ2v) is 7.07. The van der Waals surface area contributed by atoms with E-state index in [-0.39, 0.29) is 6.42 Å². The number of hydrogen-bond acceptors (Lipinski definition) is 5. The standard InChI is InChI=1S/C20H23N5O3/c1-23-16-5-3-4-6-17(16)24(2)20(23)22-21-13-7-9-14(10-8-13)25-12-15(26)11-18(25)19(27)28/h3-10,15,18,21,26H,11-12H2,1-2H3,(H,27,28). The number of anilines is 2. The zero-order valence-electron chi connectivity index (χ0n) is 15.8. The molecule has 146 valence electrons. The average Bonchev–Trinajstić information content (AvgIpc) is 3.20. The highest BCUT2D eigenvalue weighted by molar-refractivity contribution is 5.79. The SMILES string of the molecule is Cn1c(=NNc2ccc(N3CC(O)CC3C(=O)O)cc2)n(C)c2ccccc21. The van der Waals surface area contributed by atoms with Gasteiger partial charge in [-0.2, -0.15) is 0 Å². The van der Waals surface area contributed by atoms with E-state index in [2.05, 4.69) is 10.5 Å². The number of β-amino-alcohol motifs (C(OH)–C–C–N with tert-alkyl or cyclic N) is 1. The fraction of sp³-hybridized carbons (Fsp3) is 0.300. The molecule has 28 heavy (non-hydrogen) atoms. The highest BCUT2D eigenvalue weighted by Gasteiger charge is 2.35. The molecular formula is C20H23N5O3. The van der Waals surface area contributed by atoms with Crippen molar-refractivity contribution in [2.75, 3.05) is 16.9 Å². The molecule has 4 rings (SSSR count).